The Bertz CT molecular complexity index is 708. The molecule has 0 unspecified atom stereocenters. The second-order valence-electron chi connectivity index (χ2n) is 5.23. The highest BCUT2D eigenvalue weighted by Gasteiger charge is 2.28. The van der Waals surface area contributed by atoms with Crippen LogP contribution in [0.2, 0.25) is 0 Å². The lowest BCUT2D eigenvalue weighted by atomic mass is 10.2. The maximum absolute atomic E-state index is 12.9. The van der Waals surface area contributed by atoms with E-state index in [1.165, 1.54) is 4.31 Å². The van der Waals surface area contributed by atoms with Crippen molar-refractivity contribution < 1.29 is 8.42 Å². The van der Waals surface area contributed by atoms with Gasteiger partial charge in [0, 0.05) is 31.9 Å². The molecule has 0 aliphatic rings. The minimum atomic E-state index is -3.53. The van der Waals surface area contributed by atoms with E-state index in [-0.39, 0.29) is 4.90 Å². The van der Waals surface area contributed by atoms with E-state index in [0.717, 1.165) is 18.4 Å². The van der Waals surface area contributed by atoms with Crippen molar-refractivity contribution in [3.05, 3.63) is 36.5 Å². The van der Waals surface area contributed by atoms with Crippen molar-refractivity contribution >= 4 is 10.0 Å². The van der Waals surface area contributed by atoms with Crippen LogP contribution < -0.4 is 0 Å². The van der Waals surface area contributed by atoms with Crippen molar-refractivity contribution in [2.24, 2.45) is 7.05 Å². The molecule has 0 aliphatic carbocycles. The van der Waals surface area contributed by atoms with Gasteiger partial charge in [0.15, 0.2) is 0 Å². The number of hydrogen-bond donors (Lipinski definition) is 0. The largest absolute Gasteiger partial charge is 0.274 e. The van der Waals surface area contributed by atoms with Crippen molar-refractivity contribution in [3.8, 4) is 11.3 Å². The lowest BCUT2D eigenvalue weighted by Crippen LogP contribution is -2.32. The number of rotatable bonds is 7. The van der Waals surface area contributed by atoms with Crippen molar-refractivity contribution in [1.29, 1.82) is 0 Å². The summed E-state index contributed by atoms with van der Waals surface area (Å²) in [6, 6.07) is 9.43. The summed E-state index contributed by atoms with van der Waals surface area (Å²) in [7, 11) is -1.79. The maximum atomic E-state index is 12.9. The molecule has 2 rings (SSSR count). The monoisotopic (exact) mass is 321 g/mol. The molecule has 1 aromatic heterocycles. The lowest BCUT2D eigenvalue weighted by molar-refractivity contribution is 0.419. The van der Waals surface area contributed by atoms with Crippen molar-refractivity contribution in [1.82, 2.24) is 14.1 Å². The maximum Gasteiger partial charge on any atom is 0.246 e. The summed E-state index contributed by atoms with van der Waals surface area (Å²) in [5.41, 5.74) is 1.33. The summed E-state index contributed by atoms with van der Waals surface area (Å²) in [4.78, 5) is 0.277. The molecule has 120 valence electrons. The molecule has 1 heterocycles. The van der Waals surface area contributed by atoms with Gasteiger partial charge in [0.2, 0.25) is 10.0 Å². The molecule has 0 fully saturated rings. The molecule has 1 aromatic carbocycles. The van der Waals surface area contributed by atoms with Gasteiger partial charge < -0.3 is 0 Å². The number of nitrogens with zero attached hydrogens (tertiary/aromatic N) is 3. The SMILES string of the molecule is CCCCN(CC)S(=O)(=O)c1cn(C)nc1-c1ccccc1. The summed E-state index contributed by atoms with van der Waals surface area (Å²) in [5, 5.41) is 4.35. The highest BCUT2D eigenvalue weighted by molar-refractivity contribution is 7.89. The van der Waals surface area contributed by atoms with E-state index >= 15 is 0 Å². The zero-order valence-electron chi connectivity index (χ0n) is 13.4. The molecule has 6 heteroatoms. The summed E-state index contributed by atoms with van der Waals surface area (Å²) in [6.07, 6.45) is 3.41. The first-order valence-corrected chi connectivity index (χ1v) is 9.04. The van der Waals surface area contributed by atoms with Crippen LogP contribution in [0, 0.1) is 0 Å². The molecule has 0 saturated carbocycles. The van der Waals surface area contributed by atoms with E-state index in [1.54, 1.807) is 17.9 Å². The molecule has 2 aromatic rings. The van der Waals surface area contributed by atoms with Gasteiger partial charge in [-0.2, -0.15) is 9.40 Å². The third-order valence-electron chi connectivity index (χ3n) is 3.57. The summed E-state index contributed by atoms with van der Waals surface area (Å²) in [5.74, 6) is 0. The quantitative estimate of drug-likeness (QED) is 0.788. The molecule has 0 amide bonds. The predicted molar refractivity (Wildman–Crippen MR) is 88.0 cm³/mol. The fraction of sp³-hybridized carbons (Fsp3) is 0.438. The topological polar surface area (TPSA) is 55.2 Å². The standard InChI is InChI=1S/C16H23N3O2S/c1-4-6-12-19(5-2)22(20,21)15-13-18(3)17-16(15)14-10-8-7-9-11-14/h7-11,13H,4-6,12H2,1-3H3. The van der Waals surface area contributed by atoms with Gasteiger partial charge in [0.1, 0.15) is 10.6 Å². The third-order valence-corrected chi connectivity index (χ3v) is 5.55. The number of unbranched alkanes of at least 4 members (excludes halogenated alkanes) is 1. The molecule has 0 radical (unpaired) electrons. The zero-order chi connectivity index (χ0) is 16.2. The van der Waals surface area contributed by atoms with Crippen LogP contribution in [-0.2, 0) is 17.1 Å². The first-order valence-electron chi connectivity index (χ1n) is 7.60. The van der Waals surface area contributed by atoms with Gasteiger partial charge in [-0.05, 0) is 6.42 Å². The molecular weight excluding hydrogens is 298 g/mol. The Kier molecular flexibility index (Phi) is 5.37. The number of benzene rings is 1. The summed E-state index contributed by atoms with van der Waals surface area (Å²) >= 11 is 0. The molecule has 0 spiro atoms. The first kappa shape index (κ1) is 16.7. The molecule has 22 heavy (non-hydrogen) atoms. The molecule has 0 bridgehead atoms. The van der Waals surface area contributed by atoms with Gasteiger partial charge in [0.05, 0.1) is 0 Å². The normalized spacial score (nSPS) is 12.0. The minimum Gasteiger partial charge on any atom is -0.274 e. The van der Waals surface area contributed by atoms with E-state index in [0.29, 0.717) is 18.8 Å². The zero-order valence-corrected chi connectivity index (χ0v) is 14.2. The van der Waals surface area contributed by atoms with E-state index in [1.807, 2.05) is 37.3 Å². The Balaban J connectivity index is 2.47. The van der Waals surface area contributed by atoms with Gasteiger partial charge >= 0.3 is 0 Å². The van der Waals surface area contributed by atoms with Gasteiger partial charge in [0.25, 0.3) is 0 Å². The Morgan fingerprint density at radius 2 is 1.86 bits per heavy atom. The van der Waals surface area contributed by atoms with Crippen molar-refractivity contribution in [2.45, 2.75) is 31.6 Å². The van der Waals surface area contributed by atoms with Crippen LogP contribution in [0.4, 0.5) is 0 Å². The van der Waals surface area contributed by atoms with Crippen LogP contribution in [0.25, 0.3) is 11.3 Å². The Labute approximate surface area is 132 Å². The van der Waals surface area contributed by atoms with E-state index in [2.05, 4.69) is 12.0 Å². The lowest BCUT2D eigenvalue weighted by Gasteiger charge is -2.20. The van der Waals surface area contributed by atoms with Gasteiger partial charge in [-0.15, -0.1) is 0 Å². The number of hydrogen-bond acceptors (Lipinski definition) is 3. The Morgan fingerprint density at radius 1 is 1.18 bits per heavy atom. The average Bonchev–Trinajstić information content (AvgIpc) is 2.91. The predicted octanol–water partition coefficient (Wildman–Crippen LogP) is 2.90. The van der Waals surface area contributed by atoms with Gasteiger partial charge in [-0.1, -0.05) is 50.6 Å². The molecule has 0 N–H and O–H groups in total. The first-order chi connectivity index (χ1) is 10.5. The fourth-order valence-corrected chi connectivity index (χ4v) is 4.05. The molecule has 5 nitrogen and oxygen atoms in total. The second kappa shape index (κ2) is 7.07. The fourth-order valence-electron chi connectivity index (χ4n) is 2.37. The molecule has 0 atom stereocenters. The highest BCUT2D eigenvalue weighted by Crippen LogP contribution is 2.28. The van der Waals surface area contributed by atoms with Crippen LogP contribution in [0.15, 0.2) is 41.4 Å². The summed E-state index contributed by atoms with van der Waals surface area (Å²) < 4.78 is 29.0. The third kappa shape index (κ3) is 3.39. The van der Waals surface area contributed by atoms with Crippen LogP contribution >= 0.6 is 0 Å². The van der Waals surface area contributed by atoms with Crippen molar-refractivity contribution in [2.75, 3.05) is 13.1 Å². The Hall–Kier alpha value is -1.66. The molecule has 0 saturated heterocycles. The van der Waals surface area contributed by atoms with Crippen LogP contribution in [-0.4, -0.2) is 35.6 Å². The van der Waals surface area contributed by atoms with E-state index in [4.69, 9.17) is 0 Å². The number of aryl methyl sites for hydroxylation is 1. The molecular formula is C16H23N3O2S. The highest BCUT2D eigenvalue weighted by atomic mass is 32.2. The smallest absolute Gasteiger partial charge is 0.246 e. The Morgan fingerprint density at radius 3 is 2.45 bits per heavy atom. The van der Waals surface area contributed by atoms with Crippen LogP contribution in [0.5, 0.6) is 0 Å². The number of aromatic nitrogens is 2. The van der Waals surface area contributed by atoms with Crippen LogP contribution in [0.1, 0.15) is 26.7 Å². The van der Waals surface area contributed by atoms with Crippen molar-refractivity contribution in [3.63, 3.8) is 0 Å². The summed E-state index contributed by atoms with van der Waals surface area (Å²) in [6.45, 7) is 4.93. The molecule has 0 aliphatic heterocycles. The van der Waals surface area contributed by atoms with Gasteiger partial charge in [-0.3, -0.25) is 4.68 Å². The average molecular weight is 321 g/mol. The van der Waals surface area contributed by atoms with E-state index in [9.17, 15) is 8.42 Å². The van der Waals surface area contributed by atoms with E-state index < -0.39 is 10.0 Å². The minimum absolute atomic E-state index is 0.277. The van der Waals surface area contributed by atoms with Crippen LogP contribution in [0.3, 0.4) is 0 Å². The number of sulfonamides is 1. The second-order valence-corrected chi connectivity index (χ2v) is 7.14. The van der Waals surface area contributed by atoms with Gasteiger partial charge in [-0.25, -0.2) is 8.42 Å².